The van der Waals surface area contributed by atoms with Crippen molar-refractivity contribution in [2.45, 2.75) is 26.4 Å². The molecule has 7 heteroatoms. The zero-order chi connectivity index (χ0) is 18.8. The lowest BCUT2D eigenvalue weighted by Crippen LogP contribution is -2.22. The fraction of sp³-hybridized carbons (Fsp3) is 0.200. The number of nitrogens with one attached hydrogen (secondary N) is 1. The average Bonchev–Trinajstić information content (AvgIpc) is 3.16. The molecule has 0 fully saturated rings. The molecule has 4 aromatic rings. The maximum absolute atomic E-state index is 11.9. The molecule has 0 aliphatic rings. The van der Waals surface area contributed by atoms with E-state index in [0.717, 1.165) is 22.2 Å². The van der Waals surface area contributed by atoms with E-state index in [1.54, 1.807) is 4.68 Å². The van der Waals surface area contributed by atoms with E-state index in [-0.39, 0.29) is 11.7 Å². The first-order chi connectivity index (χ1) is 13.1. The van der Waals surface area contributed by atoms with Crippen LogP contribution in [0.3, 0.4) is 0 Å². The molecule has 0 saturated carbocycles. The van der Waals surface area contributed by atoms with Crippen LogP contribution in [-0.4, -0.2) is 20.2 Å². The van der Waals surface area contributed by atoms with E-state index in [9.17, 15) is 4.79 Å². The number of fused-ring (bicyclic) bond motifs is 1. The smallest absolute Gasteiger partial charge is 0.336 e. The van der Waals surface area contributed by atoms with Gasteiger partial charge in [0.1, 0.15) is 5.58 Å². The molecule has 136 valence electrons. The molecule has 0 bridgehead atoms. The lowest BCUT2D eigenvalue weighted by molar-refractivity contribution is 0.525. The summed E-state index contributed by atoms with van der Waals surface area (Å²) in [4.78, 5) is 11.9. The van der Waals surface area contributed by atoms with Crippen LogP contribution < -0.4 is 10.9 Å². The molecule has 1 atom stereocenters. The number of rotatable bonds is 5. The number of aryl methyl sites for hydroxylation is 1. The predicted octanol–water partition coefficient (Wildman–Crippen LogP) is 2.93. The molecule has 2 aromatic carbocycles. The van der Waals surface area contributed by atoms with Crippen LogP contribution >= 0.6 is 0 Å². The predicted molar refractivity (Wildman–Crippen MR) is 102 cm³/mol. The molecule has 2 aromatic heterocycles. The van der Waals surface area contributed by atoms with Crippen LogP contribution in [0.4, 0.5) is 0 Å². The fourth-order valence-corrected chi connectivity index (χ4v) is 3.05. The molecule has 0 saturated heterocycles. The van der Waals surface area contributed by atoms with Crippen molar-refractivity contribution in [3.63, 3.8) is 0 Å². The zero-order valence-electron chi connectivity index (χ0n) is 15.1. The minimum atomic E-state index is -0.355. The number of tetrazole rings is 1. The van der Waals surface area contributed by atoms with Crippen molar-refractivity contribution in [2.75, 3.05) is 0 Å². The van der Waals surface area contributed by atoms with Gasteiger partial charge in [-0.05, 0) is 53.6 Å². The highest BCUT2D eigenvalue weighted by molar-refractivity contribution is 5.80. The van der Waals surface area contributed by atoms with Gasteiger partial charge in [0.15, 0.2) is 5.82 Å². The normalized spacial score (nSPS) is 12.4. The number of nitrogens with zero attached hydrogens (tertiary/aromatic N) is 4. The third-order valence-corrected chi connectivity index (χ3v) is 4.47. The van der Waals surface area contributed by atoms with Crippen LogP contribution in [0.2, 0.25) is 0 Å². The standard InChI is InChI=1S/C20H19N5O2/c1-13-8-9-17-15(11-19(26)27-18(17)10-13)12-21-14(2)20-22-23-24-25(20)16-6-4-3-5-7-16/h3-11,14,21H,12H2,1-2H3. The number of benzene rings is 2. The van der Waals surface area contributed by atoms with E-state index in [0.29, 0.717) is 18.0 Å². The molecule has 4 rings (SSSR count). The van der Waals surface area contributed by atoms with Crippen LogP contribution in [0.1, 0.15) is 29.9 Å². The fourth-order valence-electron chi connectivity index (χ4n) is 3.05. The van der Waals surface area contributed by atoms with Crippen LogP contribution in [0, 0.1) is 6.92 Å². The Balaban J connectivity index is 1.59. The van der Waals surface area contributed by atoms with E-state index >= 15 is 0 Å². The van der Waals surface area contributed by atoms with E-state index in [4.69, 9.17) is 4.42 Å². The summed E-state index contributed by atoms with van der Waals surface area (Å²) in [7, 11) is 0. The van der Waals surface area contributed by atoms with E-state index in [1.807, 2.05) is 62.4 Å². The highest BCUT2D eigenvalue weighted by Crippen LogP contribution is 2.20. The molecule has 1 N–H and O–H groups in total. The van der Waals surface area contributed by atoms with Gasteiger partial charge in [0.2, 0.25) is 0 Å². The maximum atomic E-state index is 11.9. The summed E-state index contributed by atoms with van der Waals surface area (Å²) in [6.07, 6.45) is 0. The molecular weight excluding hydrogens is 342 g/mol. The SMILES string of the molecule is Cc1ccc2c(CNC(C)c3nnnn3-c3ccccc3)cc(=O)oc2c1. The number of hydrogen-bond donors (Lipinski definition) is 1. The Morgan fingerprint density at radius 2 is 1.96 bits per heavy atom. The molecule has 0 aliphatic carbocycles. The van der Waals surface area contributed by atoms with Gasteiger partial charge in [-0.3, -0.25) is 0 Å². The Bertz CT molecular complexity index is 1130. The van der Waals surface area contributed by atoms with E-state index < -0.39 is 0 Å². The molecule has 27 heavy (non-hydrogen) atoms. The highest BCUT2D eigenvalue weighted by Gasteiger charge is 2.16. The topological polar surface area (TPSA) is 85.8 Å². The number of para-hydroxylation sites is 1. The lowest BCUT2D eigenvalue weighted by Gasteiger charge is -2.14. The minimum Gasteiger partial charge on any atom is -0.423 e. The van der Waals surface area contributed by atoms with Gasteiger partial charge in [-0.2, -0.15) is 4.68 Å². The van der Waals surface area contributed by atoms with Gasteiger partial charge in [-0.15, -0.1) is 5.10 Å². The second-order valence-corrected chi connectivity index (χ2v) is 6.48. The molecule has 0 radical (unpaired) electrons. The Morgan fingerprint density at radius 3 is 2.78 bits per heavy atom. The van der Waals surface area contributed by atoms with Gasteiger partial charge < -0.3 is 9.73 Å². The minimum absolute atomic E-state index is 0.118. The van der Waals surface area contributed by atoms with E-state index in [2.05, 4.69) is 20.8 Å². The zero-order valence-corrected chi connectivity index (χ0v) is 15.1. The molecular formula is C20H19N5O2. The summed E-state index contributed by atoms with van der Waals surface area (Å²) < 4.78 is 7.03. The third kappa shape index (κ3) is 3.50. The first-order valence-corrected chi connectivity index (χ1v) is 8.72. The van der Waals surface area contributed by atoms with Crippen LogP contribution in [0.15, 0.2) is 63.8 Å². The monoisotopic (exact) mass is 361 g/mol. The largest absolute Gasteiger partial charge is 0.423 e. The Hall–Kier alpha value is -3.32. The van der Waals surface area contributed by atoms with Gasteiger partial charge in [0, 0.05) is 18.0 Å². The Labute approximate surface area is 155 Å². The van der Waals surface area contributed by atoms with Crippen molar-refractivity contribution < 1.29 is 4.42 Å². The summed E-state index contributed by atoms with van der Waals surface area (Å²) in [6.45, 7) is 4.45. The summed E-state index contributed by atoms with van der Waals surface area (Å²) in [5.74, 6) is 0.698. The third-order valence-electron chi connectivity index (χ3n) is 4.47. The molecule has 2 heterocycles. The quantitative estimate of drug-likeness (QED) is 0.550. The highest BCUT2D eigenvalue weighted by atomic mass is 16.4. The number of hydrogen-bond acceptors (Lipinski definition) is 6. The first-order valence-electron chi connectivity index (χ1n) is 8.72. The van der Waals surface area contributed by atoms with Crippen LogP contribution in [-0.2, 0) is 6.54 Å². The van der Waals surface area contributed by atoms with Gasteiger partial charge in [-0.1, -0.05) is 30.3 Å². The van der Waals surface area contributed by atoms with Gasteiger partial charge >= 0.3 is 5.63 Å². The Morgan fingerprint density at radius 1 is 1.15 bits per heavy atom. The maximum Gasteiger partial charge on any atom is 0.336 e. The van der Waals surface area contributed by atoms with Crippen molar-refractivity contribution in [1.82, 2.24) is 25.5 Å². The van der Waals surface area contributed by atoms with Crippen molar-refractivity contribution in [2.24, 2.45) is 0 Å². The summed E-state index contributed by atoms with van der Waals surface area (Å²) in [5, 5.41) is 16.4. The molecule has 7 nitrogen and oxygen atoms in total. The molecule has 1 unspecified atom stereocenters. The van der Waals surface area contributed by atoms with Crippen molar-refractivity contribution in [3.05, 3.63) is 82.0 Å². The molecule has 0 amide bonds. The molecule has 0 aliphatic heterocycles. The average molecular weight is 361 g/mol. The number of aromatic nitrogens is 4. The lowest BCUT2D eigenvalue weighted by atomic mass is 10.1. The van der Waals surface area contributed by atoms with Crippen LogP contribution in [0.25, 0.3) is 16.7 Å². The van der Waals surface area contributed by atoms with Crippen molar-refractivity contribution >= 4 is 11.0 Å². The summed E-state index contributed by atoms with van der Waals surface area (Å²) in [5.41, 5.74) is 3.07. The molecule has 0 spiro atoms. The van der Waals surface area contributed by atoms with Gasteiger partial charge in [0.05, 0.1) is 11.7 Å². The second-order valence-electron chi connectivity index (χ2n) is 6.48. The summed E-state index contributed by atoms with van der Waals surface area (Å²) >= 11 is 0. The van der Waals surface area contributed by atoms with Gasteiger partial charge in [-0.25, -0.2) is 4.79 Å². The van der Waals surface area contributed by atoms with E-state index in [1.165, 1.54) is 6.07 Å². The Kier molecular flexibility index (Phi) is 4.52. The van der Waals surface area contributed by atoms with Crippen LogP contribution in [0.5, 0.6) is 0 Å². The van der Waals surface area contributed by atoms with Crippen molar-refractivity contribution in [3.8, 4) is 5.69 Å². The first kappa shape index (κ1) is 17.1. The van der Waals surface area contributed by atoms with Gasteiger partial charge in [0.25, 0.3) is 0 Å². The van der Waals surface area contributed by atoms with Crippen molar-refractivity contribution in [1.29, 1.82) is 0 Å². The second kappa shape index (κ2) is 7.13. The summed E-state index contributed by atoms with van der Waals surface area (Å²) in [6, 6.07) is 17.0.